The SMILES string of the molecule is COCCCN1C(=O)/C(=C\c2ccc(OC)c(COc3ccc(C#N)cc3)c2)NC1=S. The topological polar surface area (TPSA) is 83.8 Å². The number of benzene rings is 2. The molecule has 0 unspecified atom stereocenters. The minimum atomic E-state index is -0.160. The molecule has 1 N–H and O–H groups in total. The van der Waals surface area contributed by atoms with Crippen LogP contribution in [-0.4, -0.2) is 43.3 Å². The van der Waals surface area contributed by atoms with E-state index in [0.29, 0.717) is 47.4 Å². The molecule has 0 spiro atoms. The molecule has 2 aromatic rings. The van der Waals surface area contributed by atoms with Crippen LogP contribution in [0.15, 0.2) is 48.2 Å². The smallest absolute Gasteiger partial charge is 0.276 e. The quantitative estimate of drug-likeness (QED) is 0.366. The van der Waals surface area contributed by atoms with Gasteiger partial charge in [-0.15, -0.1) is 0 Å². The number of hydrogen-bond donors (Lipinski definition) is 1. The summed E-state index contributed by atoms with van der Waals surface area (Å²) in [6.07, 6.45) is 2.46. The molecule has 7 nitrogen and oxygen atoms in total. The zero-order valence-corrected chi connectivity index (χ0v) is 18.2. The Morgan fingerprint density at radius 3 is 2.65 bits per heavy atom. The van der Waals surface area contributed by atoms with Gasteiger partial charge in [-0.1, -0.05) is 6.07 Å². The Morgan fingerprint density at radius 1 is 1.19 bits per heavy atom. The van der Waals surface area contributed by atoms with Crippen molar-refractivity contribution in [2.24, 2.45) is 0 Å². The molecule has 0 saturated carbocycles. The number of carbonyl (C=O) groups excluding carboxylic acids is 1. The maximum Gasteiger partial charge on any atom is 0.276 e. The van der Waals surface area contributed by atoms with Gasteiger partial charge in [-0.05, 0) is 66.7 Å². The van der Waals surface area contributed by atoms with E-state index in [9.17, 15) is 4.79 Å². The highest BCUT2D eigenvalue weighted by atomic mass is 32.1. The monoisotopic (exact) mass is 437 g/mol. The molecule has 3 rings (SSSR count). The summed E-state index contributed by atoms with van der Waals surface area (Å²) in [5.41, 5.74) is 2.64. The fourth-order valence-electron chi connectivity index (χ4n) is 3.10. The molecule has 160 valence electrons. The predicted octanol–water partition coefficient (Wildman–Crippen LogP) is 3.24. The maximum absolute atomic E-state index is 12.7. The summed E-state index contributed by atoms with van der Waals surface area (Å²) in [4.78, 5) is 14.2. The number of rotatable bonds is 9. The first-order valence-electron chi connectivity index (χ1n) is 9.69. The molecule has 0 bridgehead atoms. The summed E-state index contributed by atoms with van der Waals surface area (Å²) in [5, 5.41) is 12.3. The van der Waals surface area contributed by atoms with Gasteiger partial charge >= 0.3 is 0 Å². The molecule has 1 heterocycles. The van der Waals surface area contributed by atoms with E-state index in [0.717, 1.165) is 11.1 Å². The number of carbonyl (C=O) groups is 1. The second-order valence-electron chi connectivity index (χ2n) is 6.79. The second-order valence-corrected chi connectivity index (χ2v) is 7.17. The van der Waals surface area contributed by atoms with E-state index < -0.39 is 0 Å². The Hall–Kier alpha value is -3.41. The van der Waals surface area contributed by atoms with Crippen molar-refractivity contribution in [2.45, 2.75) is 13.0 Å². The van der Waals surface area contributed by atoms with Gasteiger partial charge in [0.25, 0.3) is 5.91 Å². The Morgan fingerprint density at radius 2 is 1.97 bits per heavy atom. The number of methoxy groups -OCH3 is 2. The van der Waals surface area contributed by atoms with E-state index >= 15 is 0 Å². The first-order chi connectivity index (χ1) is 15.0. The van der Waals surface area contributed by atoms with Gasteiger partial charge in [0, 0.05) is 25.8 Å². The van der Waals surface area contributed by atoms with Crippen LogP contribution in [0.3, 0.4) is 0 Å². The molecule has 2 aromatic carbocycles. The van der Waals surface area contributed by atoms with Crippen molar-refractivity contribution in [2.75, 3.05) is 27.4 Å². The zero-order valence-electron chi connectivity index (χ0n) is 17.4. The Balaban J connectivity index is 1.74. The number of ether oxygens (including phenoxy) is 3. The van der Waals surface area contributed by atoms with Crippen LogP contribution in [0.1, 0.15) is 23.1 Å². The predicted molar refractivity (Wildman–Crippen MR) is 120 cm³/mol. The third-order valence-corrected chi connectivity index (χ3v) is 5.01. The van der Waals surface area contributed by atoms with E-state index in [1.807, 2.05) is 18.2 Å². The lowest BCUT2D eigenvalue weighted by Gasteiger charge is -2.13. The third kappa shape index (κ3) is 5.60. The van der Waals surface area contributed by atoms with Crippen molar-refractivity contribution >= 4 is 29.3 Å². The molecule has 31 heavy (non-hydrogen) atoms. The van der Waals surface area contributed by atoms with Crippen molar-refractivity contribution in [3.8, 4) is 17.6 Å². The summed E-state index contributed by atoms with van der Waals surface area (Å²) >= 11 is 5.29. The molecular weight excluding hydrogens is 414 g/mol. The van der Waals surface area contributed by atoms with Gasteiger partial charge in [-0.2, -0.15) is 5.26 Å². The van der Waals surface area contributed by atoms with Gasteiger partial charge in [-0.25, -0.2) is 0 Å². The fourth-order valence-corrected chi connectivity index (χ4v) is 3.38. The van der Waals surface area contributed by atoms with Gasteiger partial charge in [0.1, 0.15) is 23.8 Å². The van der Waals surface area contributed by atoms with Crippen molar-refractivity contribution in [1.82, 2.24) is 10.2 Å². The van der Waals surface area contributed by atoms with Crippen LogP contribution >= 0.6 is 12.2 Å². The van der Waals surface area contributed by atoms with Crippen LogP contribution in [0.4, 0.5) is 0 Å². The Labute approximate surface area is 186 Å². The lowest BCUT2D eigenvalue weighted by Crippen LogP contribution is -2.32. The van der Waals surface area contributed by atoms with Gasteiger partial charge in [0.2, 0.25) is 0 Å². The normalized spacial score (nSPS) is 14.5. The first kappa shape index (κ1) is 22.3. The Kier molecular flexibility index (Phi) is 7.60. The van der Waals surface area contributed by atoms with Crippen molar-refractivity contribution in [3.63, 3.8) is 0 Å². The molecule has 1 amide bonds. The number of thiocarbonyl (C=S) groups is 1. The van der Waals surface area contributed by atoms with E-state index in [4.69, 9.17) is 31.7 Å². The fraction of sp³-hybridized carbons (Fsp3) is 0.261. The first-order valence-corrected chi connectivity index (χ1v) is 10.1. The second kappa shape index (κ2) is 10.6. The minimum Gasteiger partial charge on any atom is -0.496 e. The van der Waals surface area contributed by atoms with Crippen LogP contribution in [-0.2, 0) is 16.1 Å². The standard InChI is InChI=1S/C23H23N3O4S/c1-28-11-3-10-26-22(27)20(25-23(26)31)13-17-6-9-21(29-2)18(12-17)15-30-19-7-4-16(14-24)5-8-19/h4-9,12-13H,3,10-11,15H2,1-2H3,(H,25,31)/b20-13+. The molecule has 8 heteroatoms. The highest BCUT2D eigenvalue weighted by Gasteiger charge is 2.30. The average molecular weight is 438 g/mol. The van der Waals surface area contributed by atoms with E-state index in [1.165, 1.54) is 0 Å². The molecule has 0 atom stereocenters. The molecule has 0 aliphatic carbocycles. The third-order valence-electron chi connectivity index (χ3n) is 4.69. The van der Waals surface area contributed by atoms with Crippen molar-refractivity contribution < 1.29 is 19.0 Å². The van der Waals surface area contributed by atoms with Gasteiger partial charge in [0.15, 0.2) is 5.11 Å². The summed E-state index contributed by atoms with van der Waals surface area (Å²) in [7, 11) is 3.22. The van der Waals surface area contributed by atoms with Crippen molar-refractivity contribution in [3.05, 3.63) is 64.9 Å². The Bertz CT molecular complexity index is 1030. The van der Waals surface area contributed by atoms with Crippen LogP contribution in [0, 0.1) is 11.3 Å². The minimum absolute atomic E-state index is 0.160. The average Bonchev–Trinajstić information content (AvgIpc) is 3.05. The maximum atomic E-state index is 12.7. The molecule has 1 aliphatic heterocycles. The number of nitrogens with zero attached hydrogens (tertiary/aromatic N) is 2. The number of nitrogens with one attached hydrogen (secondary N) is 1. The number of nitriles is 1. The summed E-state index contributed by atoms with van der Waals surface area (Å²) < 4.78 is 16.3. The van der Waals surface area contributed by atoms with Gasteiger partial charge < -0.3 is 19.5 Å². The van der Waals surface area contributed by atoms with Crippen LogP contribution in [0.2, 0.25) is 0 Å². The van der Waals surface area contributed by atoms with E-state index in [2.05, 4.69) is 11.4 Å². The summed E-state index contributed by atoms with van der Waals surface area (Å²) in [6, 6.07) is 14.6. The molecule has 1 aliphatic rings. The molecule has 0 aromatic heterocycles. The lowest BCUT2D eigenvalue weighted by molar-refractivity contribution is -0.122. The highest BCUT2D eigenvalue weighted by Crippen LogP contribution is 2.24. The highest BCUT2D eigenvalue weighted by molar-refractivity contribution is 7.80. The number of hydrogen-bond acceptors (Lipinski definition) is 6. The van der Waals surface area contributed by atoms with Gasteiger partial charge in [0.05, 0.1) is 18.7 Å². The number of amides is 1. The lowest BCUT2D eigenvalue weighted by atomic mass is 10.1. The van der Waals surface area contributed by atoms with Crippen molar-refractivity contribution in [1.29, 1.82) is 5.26 Å². The van der Waals surface area contributed by atoms with Crippen LogP contribution in [0.5, 0.6) is 11.5 Å². The summed E-state index contributed by atoms with van der Waals surface area (Å²) in [5.74, 6) is 1.17. The molecular formula is C23H23N3O4S. The van der Waals surface area contributed by atoms with Crippen LogP contribution in [0.25, 0.3) is 6.08 Å². The summed E-state index contributed by atoms with van der Waals surface area (Å²) in [6.45, 7) is 1.34. The van der Waals surface area contributed by atoms with E-state index in [-0.39, 0.29) is 12.5 Å². The van der Waals surface area contributed by atoms with E-state index in [1.54, 1.807) is 49.5 Å². The van der Waals surface area contributed by atoms with Crippen LogP contribution < -0.4 is 14.8 Å². The molecule has 1 saturated heterocycles. The zero-order chi connectivity index (χ0) is 22.2. The van der Waals surface area contributed by atoms with Gasteiger partial charge in [-0.3, -0.25) is 9.69 Å². The molecule has 1 fully saturated rings. The largest absolute Gasteiger partial charge is 0.496 e. The molecule has 0 radical (unpaired) electrons.